The van der Waals surface area contributed by atoms with E-state index < -0.39 is 16.5 Å². The highest BCUT2D eigenvalue weighted by atomic mass is 16.6. The molecule has 0 saturated carbocycles. The zero-order chi connectivity index (χ0) is 24.4. The fourth-order valence-corrected chi connectivity index (χ4v) is 4.77. The van der Waals surface area contributed by atoms with E-state index in [1.165, 1.54) is 17.0 Å². The number of benzene rings is 3. The van der Waals surface area contributed by atoms with Crippen LogP contribution in [0, 0.1) is 10.1 Å². The molecule has 2 fully saturated rings. The van der Waals surface area contributed by atoms with Crippen LogP contribution in [0.1, 0.15) is 11.1 Å². The first kappa shape index (κ1) is 22.5. The van der Waals surface area contributed by atoms with Crippen LogP contribution in [0.2, 0.25) is 0 Å². The predicted molar refractivity (Wildman–Crippen MR) is 131 cm³/mol. The number of urea groups is 1. The maximum atomic E-state index is 13.8. The lowest BCUT2D eigenvalue weighted by molar-refractivity contribution is -0.384. The van der Waals surface area contributed by atoms with Crippen LogP contribution in [0.4, 0.5) is 16.2 Å². The summed E-state index contributed by atoms with van der Waals surface area (Å²) in [4.78, 5) is 42.9. The Hall–Kier alpha value is -4.24. The van der Waals surface area contributed by atoms with Crippen molar-refractivity contribution in [3.8, 4) is 0 Å². The monoisotopic (exact) mass is 471 g/mol. The fraction of sp³-hybridized carbons (Fsp3) is 0.231. The molecule has 2 heterocycles. The Morgan fingerprint density at radius 2 is 1.34 bits per heavy atom. The number of rotatable bonds is 6. The van der Waals surface area contributed by atoms with Gasteiger partial charge in [-0.15, -0.1) is 0 Å². The number of non-ortho nitro benzene ring substituents is 1. The molecule has 2 aliphatic heterocycles. The second kappa shape index (κ2) is 9.19. The molecule has 0 atom stereocenters. The molecule has 5 rings (SSSR count). The number of nitro groups is 1. The molecule has 1 N–H and O–H groups in total. The largest absolute Gasteiger partial charge is 0.369 e. The molecular weight excluding hydrogens is 446 g/mol. The molecule has 9 heteroatoms. The van der Waals surface area contributed by atoms with Gasteiger partial charge >= 0.3 is 6.03 Å². The van der Waals surface area contributed by atoms with Crippen LogP contribution in [0.3, 0.4) is 0 Å². The smallest absolute Gasteiger partial charge is 0.326 e. The summed E-state index contributed by atoms with van der Waals surface area (Å²) < 4.78 is 0. The minimum Gasteiger partial charge on any atom is -0.369 e. The number of piperazine rings is 1. The molecule has 178 valence electrons. The molecule has 0 unspecified atom stereocenters. The number of anilines is 1. The molecule has 2 aliphatic rings. The molecular formula is C26H25N5O4. The molecule has 35 heavy (non-hydrogen) atoms. The van der Waals surface area contributed by atoms with E-state index in [4.69, 9.17) is 0 Å². The second-order valence-electron chi connectivity index (χ2n) is 8.67. The van der Waals surface area contributed by atoms with Gasteiger partial charge in [-0.05, 0) is 23.3 Å². The third kappa shape index (κ3) is 4.10. The highest BCUT2D eigenvalue weighted by Gasteiger charge is 2.53. The molecule has 0 bridgehead atoms. The first-order valence-electron chi connectivity index (χ1n) is 11.5. The third-order valence-electron chi connectivity index (χ3n) is 6.66. The van der Waals surface area contributed by atoms with Gasteiger partial charge in [-0.2, -0.15) is 0 Å². The maximum Gasteiger partial charge on any atom is 0.326 e. The summed E-state index contributed by atoms with van der Waals surface area (Å²) >= 11 is 0. The lowest BCUT2D eigenvalue weighted by Gasteiger charge is -2.37. The van der Waals surface area contributed by atoms with Crippen LogP contribution in [0.5, 0.6) is 0 Å². The van der Waals surface area contributed by atoms with Crippen molar-refractivity contribution in [2.45, 2.75) is 5.54 Å². The second-order valence-corrected chi connectivity index (χ2v) is 8.67. The lowest BCUT2D eigenvalue weighted by Crippen LogP contribution is -2.52. The van der Waals surface area contributed by atoms with Crippen molar-refractivity contribution in [2.75, 3.05) is 37.7 Å². The number of nitrogens with one attached hydrogen (secondary N) is 1. The summed E-state index contributed by atoms with van der Waals surface area (Å²) in [6, 6.07) is 24.7. The average Bonchev–Trinajstić information content (AvgIpc) is 3.16. The Balaban J connectivity index is 1.31. The first-order valence-corrected chi connectivity index (χ1v) is 11.5. The van der Waals surface area contributed by atoms with Gasteiger partial charge in [-0.3, -0.25) is 19.8 Å². The van der Waals surface area contributed by atoms with Gasteiger partial charge in [0.15, 0.2) is 5.54 Å². The fourth-order valence-electron chi connectivity index (χ4n) is 4.77. The van der Waals surface area contributed by atoms with Crippen LogP contribution >= 0.6 is 0 Å². The number of carbonyl (C=O) groups excluding carboxylic acids is 2. The van der Waals surface area contributed by atoms with E-state index in [1.54, 1.807) is 12.1 Å². The van der Waals surface area contributed by atoms with Gasteiger partial charge in [0.25, 0.3) is 11.6 Å². The van der Waals surface area contributed by atoms with E-state index in [1.807, 2.05) is 60.7 Å². The van der Waals surface area contributed by atoms with Crippen molar-refractivity contribution in [3.05, 3.63) is 106 Å². The number of nitro benzene ring substituents is 1. The predicted octanol–water partition coefficient (Wildman–Crippen LogP) is 3.17. The van der Waals surface area contributed by atoms with Crippen molar-refractivity contribution >= 4 is 23.3 Å². The number of amides is 3. The van der Waals surface area contributed by atoms with Crippen LogP contribution in [0.25, 0.3) is 0 Å². The summed E-state index contributed by atoms with van der Waals surface area (Å²) in [7, 11) is 0. The van der Waals surface area contributed by atoms with Gasteiger partial charge in [0, 0.05) is 44.0 Å². The molecule has 9 nitrogen and oxygen atoms in total. The van der Waals surface area contributed by atoms with Crippen molar-refractivity contribution in [2.24, 2.45) is 0 Å². The third-order valence-corrected chi connectivity index (χ3v) is 6.66. The van der Waals surface area contributed by atoms with Crippen LogP contribution in [0.15, 0.2) is 84.9 Å². The zero-order valence-electron chi connectivity index (χ0n) is 19.0. The highest BCUT2D eigenvalue weighted by molar-refractivity contribution is 6.09. The number of carbonyl (C=O) groups is 2. The van der Waals surface area contributed by atoms with Gasteiger partial charge < -0.3 is 10.2 Å². The Kier molecular flexibility index (Phi) is 5.92. The maximum absolute atomic E-state index is 13.8. The molecule has 0 aliphatic carbocycles. The summed E-state index contributed by atoms with van der Waals surface area (Å²) in [5.41, 5.74) is 1.15. The number of imide groups is 1. The SMILES string of the molecule is O=C1NC(c2ccccc2)(c2ccccc2)C(=O)N1CN1CCN(c2ccc([N+](=O)[O-])cc2)CC1. The molecule has 2 saturated heterocycles. The normalized spacial score (nSPS) is 17.9. The van der Waals surface area contributed by atoms with Gasteiger partial charge in [-0.25, -0.2) is 9.69 Å². The lowest BCUT2D eigenvalue weighted by atomic mass is 9.83. The Morgan fingerprint density at radius 3 is 1.86 bits per heavy atom. The molecule has 0 radical (unpaired) electrons. The quantitative estimate of drug-likeness (QED) is 0.337. The average molecular weight is 472 g/mol. The van der Waals surface area contributed by atoms with E-state index >= 15 is 0 Å². The van der Waals surface area contributed by atoms with Gasteiger partial charge in [0.05, 0.1) is 11.6 Å². The summed E-state index contributed by atoms with van der Waals surface area (Å²) in [6.07, 6.45) is 0. The zero-order valence-corrected chi connectivity index (χ0v) is 19.0. The Bertz CT molecular complexity index is 1190. The first-order chi connectivity index (χ1) is 17.0. The molecule has 0 aromatic heterocycles. The summed E-state index contributed by atoms with van der Waals surface area (Å²) in [5, 5.41) is 13.9. The topological polar surface area (TPSA) is 99.0 Å². The van der Waals surface area contributed by atoms with Crippen molar-refractivity contribution < 1.29 is 14.5 Å². The standard InChI is InChI=1S/C26H25N5O4/c32-24-26(20-7-3-1-4-8-20,21-9-5-2-6-10-21)27-25(33)30(24)19-28-15-17-29(18-16-28)22-11-13-23(14-12-22)31(34)35/h1-14H,15-19H2,(H,27,33). The molecule has 0 spiro atoms. The van der Waals surface area contributed by atoms with Crippen molar-refractivity contribution in [1.82, 2.24) is 15.1 Å². The molecule has 3 aromatic carbocycles. The van der Waals surface area contributed by atoms with E-state index in [9.17, 15) is 19.7 Å². The molecule has 3 amide bonds. The van der Waals surface area contributed by atoms with Crippen molar-refractivity contribution in [3.63, 3.8) is 0 Å². The van der Waals surface area contributed by atoms with Gasteiger partial charge in [-0.1, -0.05) is 60.7 Å². The minimum atomic E-state index is -1.26. The Labute approximate surface area is 202 Å². The summed E-state index contributed by atoms with van der Waals surface area (Å²) in [5.74, 6) is -0.294. The van der Waals surface area contributed by atoms with Crippen LogP contribution in [-0.2, 0) is 10.3 Å². The number of hydrogen-bond donors (Lipinski definition) is 1. The number of nitrogens with zero attached hydrogens (tertiary/aromatic N) is 4. The van der Waals surface area contributed by atoms with E-state index in [-0.39, 0.29) is 18.3 Å². The van der Waals surface area contributed by atoms with Gasteiger partial charge in [0.1, 0.15) is 0 Å². The summed E-state index contributed by atoms with van der Waals surface area (Å²) in [6.45, 7) is 2.86. The van der Waals surface area contributed by atoms with Crippen LogP contribution < -0.4 is 10.2 Å². The molecule has 3 aromatic rings. The number of hydrogen-bond acceptors (Lipinski definition) is 6. The van der Waals surface area contributed by atoms with Gasteiger partial charge in [0.2, 0.25) is 0 Å². The highest BCUT2D eigenvalue weighted by Crippen LogP contribution is 2.36. The Morgan fingerprint density at radius 1 is 0.800 bits per heavy atom. The van der Waals surface area contributed by atoms with Crippen molar-refractivity contribution in [1.29, 1.82) is 0 Å². The van der Waals surface area contributed by atoms with Crippen LogP contribution in [-0.4, -0.2) is 59.5 Å². The van der Waals surface area contributed by atoms with E-state index in [0.717, 1.165) is 16.8 Å². The van der Waals surface area contributed by atoms with E-state index in [2.05, 4.69) is 15.1 Å². The van der Waals surface area contributed by atoms with E-state index in [0.29, 0.717) is 26.2 Å². The minimum absolute atomic E-state index is 0.0614.